The molecule has 0 radical (unpaired) electrons. The lowest BCUT2D eigenvalue weighted by molar-refractivity contribution is 0.0948. The minimum Gasteiger partial charge on any atom is -0.385 e. The summed E-state index contributed by atoms with van der Waals surface area (Å²) < 4.78 is 1.47. The maximum absolute atomic E-state index is 13.1. The molecule has 168 valence electrons. The average molecular weight is 436 g/mol. The summed E-state index contributed by atoms with van der Waals surface area (Å²) in [4.78, 5) is 13.1. The van der Waals surface area contributed by atoms with Gasteiger partial charge in [-0.2, -0.15) is 4.68 Å². The van der Waals surface area contributed by atoms with Crippen molar-refractivity contribution in [1.82, 2.24) is 36.2 Å². The number of carbonyl (C=O) groups is 1. The van der Waals surface area contributed by atoms with Crippen molar-refractivity contribution in [3.63, 3.8) is 0 Å². The molecule has 1 aromatic heterocycles. The van der Waals surface area contributed by atoms with Gasteiger partial charge < -0.3 is 21.1 Å². The van der Waals surface area contributed by atoms with Crippen LogP contribution in [0.1, 0.15) is 41.7 Å². The van der Waals surface area contributed by atoms with Crippen LogP contribution in [-0.2, 0) is 0 Å². The zero-order chi connectivity index (χ0) is 22.7. The summed E-state index contributed by atoms with van der Waals surface area (Å²) in [6.07, 6.45) is -0.849. The molecule has 2 heterocycles. The lowest BCUT2D eigenvalue weighted by Crippen LogP contribution is -2.56. The summed E-state index contributed by atoms with van der Waals surface area (Å²) in [5, 5.41) is 31.6. The number of amides is 1. The van der Waals surface area contributed by atoms with E-state index in [0.717, 1.165) is 29.8 Å². The predicted octanol–water partition coefficient (Wildman–Crippen LogP) is 1.37. The number of aliphatic hydroxyl groups is 1. The van der Waals surface area contributed by atoms with Crippen LogP contribution >= 0.6 is 0 Å². The third kappa shape index (κ3) is 5.01. The van der Waals surface area contributed by atoms with E-state index in [2.05, 4.69) is 38.4 Å². The van der Waals surface area contributed by atoms with Crippen LogP contribution in [0.2, 0.25) is 0 Å². The van der Waals surface area contributed by atoms with Gasteiger partial charge in [0, 0.05) is 37.3 Å². The molecule has 4 N–H and O–H groups in total. The molecule has 2 aromatic carbocycles. The normalized spacial score (nSPS) is 19.5. The van der Waals surface area contributed by atoms with Crippen LogP contribution in [0.4, 0.5) is 0 Å². The number of piperazine rings is 1. The van der Waals surface area contributed by atoms with Crippen molar-refractivity contribution >= 4 is 5.91 Å². The number of carbonyl (C=O) groups excluding carboxylic acids is 1. The molecule has 4 rings (SSSR count). The smallest absolute Gasteiger partial charge is 0.251 e. The van der Waals surface area contributed by atoms with Gasteiger partial charge in [-0.25, -0.2) is 0 Å². The molecule has 3 atom stereocenters. The standard InChI is InChI=1S/C23H29N7O2/c1-14-4-6-17(7-5-14)18-8-19(23(32)26-13-20-12-24-15(2)11-25-20)10-21(9-18)30-22(16(3)31)27-28-29-30/h4-10,15-16,20,24-25,31H,11-13H2,1-3H3,(H,26,32)/t15?,16-,20?/m0/s1. The Morgan fingerprint density at radius 1 is 1.19 bits per heavy atom. The maximum atomic E-state index is 13.1. The van der Waals surface area contributed by atoms with Crippen molar-refractivity contribution in [3.05, 3.63) is 59.4 Å². The molecule has 0 saturated carbocycles. The highest BCUT2D eigenvalue weighted by Gasteiger charge is 2.19. The Morgan fingerprint density at radius 2 is 1.97 bits per heavy atom. The summed E-state index contributed by atoms with van der Waals surface area (Å²) in [5.74, 6) is 0.135. The number of tetrazole rings is 1. The first-order valence-corrected chi connectivity index (χ1v) is 10.8. The maximum Gasteiger partial charge on any atom is 0.251 e. The minimum atomic E-state index is -0.849. The first-order chi connectivity index (χ1) is 15.4. The van der Waals surface area contributed by atoms with E-state index in [1.165, 1.54) is 4.68 Å². The lowest BCUT2D eigenvalue weighted by Gasteiger charge is -2.29. The summed E-state index contributed by atoms with van der Waals surface area (Å²) in [6.45, 7) is 7.95. The first kappa shape index (κ1) is 22.1. The molecule has 1 amide bonds. The SMILES string of the molecule is Cc1ccc(-c2cc(C(=O)NCC3CNC(C)CN3)cc(-n3nnnc3[C@H](C)O)c2)cc1. The monoisotopic (exact) mass is 435 g/mol. The van der Waals surface area contributed by atoms with E-state index >= 15 is 0 Å². The minimum absolute atomic E-state index is 0.174. The zero-order valence-corrected chi connectivity index (χ0v) is 18.5. The Bertz CT molecular complexity index is 1070. The second-order valence-electron chi connectivity index (χ2n) is 8.38. The fourth-order valence-electron chi connectivity index (χ4n) is 3.71. The van der Waals surface area contributed by atoms with E-state index in [1.54, 1.807) is 13.0 Å². The van der Waals surface area contributed by atoms with Gasteiger partial charge in [0.25, 0.3) is 5.91 Å². The number of aliphatic hydroxyl groups excluding tert-OH is 1. The Labute approximate surface area is 187 Å². The molecule has 0 spiro atoms. The molecule has 9 heteroatoms. The molecule has 0 aliphatic carbocycles. The molecule has 3 aromatic rings. The van der Waals surface area contributed by atoms with Crippen molar-refractivity contribution in [1.29, 1.82) is 0 Å². The number of nitrogens with zero attached hydrogens (tertiary/aromatic N) is 4. The number of hydrogen-bond acceptors (Lipinski definition) is 7. The average Bonchev–Trinajstić information content (AvgIpc) is 3.29. The van der Waals surface area contributed by atoms with Crippen molar-refractivity contribution in [2.75, 3.05) is 19.6 Å². The lowest BCUT2D eigenvalue weighted by atomic mass is 10.0. The molecular weight excluding hydrogens is 406 g/mol. The fourth-order valence-corrected chi connectivity index (χ4v) is 3.71. The number of hydrogen-bond donors (Lipinski definition) is 4. The van der Waals surface area contributed by atoms with Crippen LogP contribution in [0.5, 0.6) is 0 Å². The molecule has 32 heavy (non-hydrogen) atoms. The topological polar surface area (TPSA) is 117 Å². The van der Waals surface area contributed by atoms with Gasteiger partial charge in [0.15, 0.2) is 5.82 Å². The number of aromatic nitrogens is 4. The number of nitrogens with one attached hydrogen (secondary N) is 3. The molecule has 1 saturated heterocycles. The van der Waals surface area contributed by atoms with Crippen molar-refractivity contribution in [2.45, 2.75) is 39.0 Å². The van der Waals surface area contributed by atoms with E-state index < -0.39 is 6.10 Å². The third-order valence-corrected chi connectivity index (χ3v) is 5.61. The van der Waals surface area contributed by atoms with Gasteiger partial charge in [0.2, 0.25) is 0 Å². The highest BCUT2D eigenvalue weighted by molar-refractivity contribution is 5.96. The van der Waals surface area contributed by atoms with Crippen molar-refractivity contribution in [2.24, 2.45) is 0 Å². The Hall–Kier alpha value is -3.14. The van der Waals surface area contributed by atoms with Crippen LogP contribution < -0.4 is 16.0 Å². The van der Waals surface area contributed by atoms with Gasteiger partial charge in [0.05, 0.1) is 5.69 Å². The second kappa shape index (κ2) is 9.56. The van der Waals surface area contributed by atoms with Crippen LogP contribution in [-0.4, -0.2) is 62.9 Å². The van der Waals surface area contributed by atoms with Gasteiger partial charge in [-0.3, -0.25) is 4.79 Å². The second-order valence-corrected chi connectivity index (χ2v) is 8.38. The summed E-state index contributed by atoms with van der Waals surface area (Å²) in [7, 11) is 0. The third-order valence-electron chi connectivity index (χ3n) is 5.61. The van der Waals surface area contributed by atoms with Gasteiger partial charge in [0.1, 0.15) is 6.10 Å². The highest BCUT2D eigenvalue weighted by atomic mass is 16.3. The Morgan fingerprint density at radius 3 is 2.66 bits per heavy atom. The zero-order valence-electron chi connectivity index (χ0n) is 18.5. The number of aryl methyl sites for hydroxylation is 1. The Balaban J connectivity index is 1.64. The molecule has 0 bridgehead atoms. The van der Waals surface area contributed by atoms with E-state index in [-0.39, 0.29) is 11.9 Å². The van der Waals surface area contributed by atoms with E-state index in [0.29, 0.717) is 29.7 Å². The van der Waals surface area contributed by atoms with Crippen molar-refractivity contribution in [3.8, 4) is 16.8 Å². The van der Waals surface area contributed by atoms with E-state index in [4.69, 9.17) is 0 Å². The molecule has 9 nitrogen and oxygen atoms in total. The number of rotatable bonds is 6. The van der Waals surface area contributed by atoms with Gasteiger partial charge >= 0.3 is 0 Å². The van der Waals surface area contributed by atoms with Gasteiger partial charge in [-0.05, 0) is 60.5 Å². The number of benzene rings is 2. The summed E-state index contributed by atoms with van der Waals surface area (Å²) in [6, 6.07) is 14.2. The largest absolute Gasteiger partial charge is 0.385 e. The molecule has 1 aliphatic rings. The molecule has 2 unspecified atom stereocenters. The first-order valence-electron chi connectivity index (χ1n) is 10.8. The van der Waals surface area contributed by atoms with Crippen LogP contribution in [0, 0.1) is 6.92 Å². The van der Waals surface area contributed by atoms with Gasteiger partial charge in [-0.15, -0.1) is 5.10 Å². The van der Waals surface area contributed by atoms with E-state index in [1.807, 2.05) is 43.3 Å². The van der Waals surface area contributed by atoms with Crippen LogP contribution in [0.3, 0.4) is 0 Å². The van der Waals surface area contributed by atoms with Crippen LogP contribution in [0.15, 0.2) is 42.5 Å². The fraction of sp³-hybridized carbons (Fsp3) is 0.391. The molecular formula is C23H29N7O2. The van der Waals surface area contributed by atoms with Gasteiger partial charge in [-0.1, -0.05) is 29.8 Å². The summed E-state index contributed by atoms with van der Waals surface area (Å²) in [5.41, 5.74) is 4.11. The Kier molecular flexibility index (Phi) is 6.59. The molecule has 1 aliphatic heterocycles. The highest BCUT2D eigenvalue weighted by Crippen LogP contribution is 2.26. The van der Waals surface area contributed by atoms with Crippen molar-refractivity contribution < 1.29 is 9.90 Å². The molecule has 1 fully saturated rings. The quantitative estimate of drug-likeness (QED) is 0.462. The van der Waals surface area contributed by atoms with E-state index in [9.17, 15) is 9.90 Å². The predicted molar refractivity (Wildman–Crippen MR) is 122 cm³/mol. The van der Waals surface area contributed by atoms with Crippen LogP contribution in [0.25, 0.3) is 16.8 Å². The summed E-state index contributed by atoms with van der Waals surface area (Å²) >= 11 is 0.